The monoisotopic (exact) mass is 364 g/mol. The van der Waals surface area contributed by atoms with Crippen LogP contribution in [0.5, 0.6) is 5.75 Å². The van der Waals surface area contributed by atoms with Crippen molar-refractivity contribution >= 4 is 11.8 Å². The van der Waals surface area contributed by atoms with Crippen LogP contribution >= 0.6 is 0 Å². The molecule has 1 aromatic carbocycles. The molecule has 1 N–H and O–H groups in total. The highest BCUT2D eigenvalue weighted by Gasteiger charge is 2.48. The Labute approximate surface area is 152 Å². The van der Waals surface area contributed by atoms with Crippen LogP contribution in [0, 0.1) is 17.2 Å². The summed E-state index contributed by atoms with van der Waals surface area (Å²) in [5.74, 6) is 0.109. The first kappa shape index (κ1) is 18.6. The zero-order valence-electron chi connectivity index (χ0n) is 15.0. The minimum absolute atomic E-state index is 0.0338. The van der Waals surface area contributed by atoms with Gasteiger partial charge >= 0.3 is 0 Å². The van der Waals surface area contributed by atoms with E-state index in [1.165, 1.54) is 24.3 Å². The Morgan fingerprint density at radius 1 is 1.23 bits per heavy atom. The van der Waals surface area contributed by atoms with Crippen molar-refractivity contribution in [3.05, 3.63) is 30.1 Å². The van der Waals surface area contributed by atoms with Crippen LogP contribution in [0.2, 0.25) is 0 Å². The van der Waals surface area contributed by atoms with Crippen LogP contribution < -0.4 is 4.74 Å². The maximum Gasteiger partial charge on any atom is 0.260 e. The van der Waals surface area contributed by atoms with Gasteiger partial charge in [-0.3, -0.25) is 9.59 Å². The SMILES string of the molecule is CC(=O)N1CC(CO)C2(CCN(C(=O)COc3ccc(F)cc3)CC2)C1. The van der Waals surface area contributed by atoms with Crippen molar-refractivity contribution in [2.75, 3.05) is 39.4 Å². The van der Waals surface area contributed by atoms with Crippen LogP contribution in [-0.2, 0) is 9.59 Å². The first-order chi connectivity index (χ1) is 12.4. The van der Waals surface area contributed by atoms with Gasteiger partial charge in [-0.05, 0) is 42.5 Å². The summed E-state index contributed by atoms with van der Waals surface area (Å²) in [7, 11) is 0. The highest BCUT2D eigenvalue weighted by atomic mass is 19.1. The Hall–Kier alpha value is -2.15. The van der Waals surface area contributed by atoms with Crippen LogP contribution in [0.25, 0.3) is 0 Å². The topological polar surface area (TPSA) is 70.1 Å². The van der Waals surface area contributed by atoms with Crippen molar-refractivity contribution < 1.29 is 23.8 Å². The van der Waals surface area contributed by atoms with Gasteiger partial charge in [0.05, 0.1) is 0 Å². The molecule has 2 aliphatic rings. The first-order valence-electron chi connectivity index (χ1n) is 8.96. The van der Waals surface area contributed by atoms with Gasteiger partial charge in [0.1, 0.15) is 11.6 Å². The number of halogens is 1. The van der Waals surface area contributed by atoms with Gasteiger partial charge in [0.15, 0.2) is 6.61 Å². The largest absolute Gasteiger partial charge is 0.484 e. The van der Waals surface area contributed by atoms with Gasteiger partial charge in [-0.25, -0.2) is 4.39 Å². The normalized spacial score (nSPS) is 21.9. The third-order valence-electron chi connectivity index (χ3n) is 5.77. The van der Waals surface area contributed by atoms with Crippen molar-refractivity contribution in [3.63, 3.8) is 0 Å². The lowest BCUT2D eigenvalue weighted by molar-refractivity contribution is -0.136. The molecule has 0 radical (unpaired) electrons. The molecule has 7 heteroatoms. The fourth-order valence-electron chi connectivity index (χ4n) is 4.06. The molecule has 142 valence electrons. The average molecular weight is 364 g/mol. The summed E-state index contributed by atoms with van der Waals surface area (Å²) in [6.07, 6.45) is 1.54. The maximum atomic E-state index is 12.9. The lowest BCUT2D eigenvalue weighted by atomic mass is 9.71. The molecule has 0 aliphatic carbocycles. The molecule has 0 aromatic heterocycles. The minimum Gasteiger partial charge on any atom is -0.484 e. The van der Waals surface area contributed by atoms with Gasteiger partial charge in [-0.1, -0.05) is 0 Å². The molecule has 2 aliphatic heterocycles. The Morgan fingerprint density at radius 3 is 2.46 bits per heavy atom. The van der Waals surface area contributed by atoms with E-state index < -0.39 is 0 Å². The third kappa shape index (κ3) is 3.82. The van der Waals surface area contributed by atoms with Gasteiger partial charge in [-0.2, -0.15) is 0 Å². The van der Waals surface area contributed by atoms with Crippen LogP contribution in [0.15, 0.2) is 24.3 Å². The lowest BCUT2D eigenvalue weighted by Crippen LogP contribution is -2.48. The number of rotatable bonds is 4. The number of amides is 2. The second kappa shape index (κ2) is 7.61. The van der Waals surface area contributed by atoms with E-state index in [1.54, 1.807) is 16.7 Å². The van der Waals surface area contributed by atoms with E-state index in [0.29, 0.717) is 31.9 Å². The van der Waals surface area contributed by atoms with E-state index in [9.17, 15) is 19.1 Å². The van der Waals surface area contributed by atoms with Crippen molar-refractivity contribution in [2.45, 2.75) is 19.8 Å². The van der Waals surface area contributed by atoms with Crippen LogP contribution in [-0.4, -0.2) is 66.1 Å². The van der Waals surface area contributed by atoms with E-state index in [2.05, 4.69) is 0 Å². The van der Waals surface area contributed by atoms with Crippen molar-refractivity contribution in [1.29, 1.82) is 0 Å². The van der Waals surface area contributed by atoms with Gasteiger partial charge in [0, 0.05) is 45.6 Å². The number of nitrogens with zero attached hydrogens (tertiary/aromatic N) is 2. The molecule has 0 saturated carbocycles. The molecule has 3 rings (SSSR count). The quantitative estimate of drug-likeness (QED) is 0.874. The van der Waals surface area contributed by atoms with E-state index in [4.69, 9.17) is 4.74 Å². The summed E-state index contributed by atoms with van der Waals surface area (Å²) in [6, 6.07) is 5.57. The second-order valence-corrected chi connectivity index (χ2v) is 7.26. The van der Waals surface area contributed by atoms with E-state index in [0.717, 1.165) is 12.8 Å². The van der Waals surface area contributed by atoms with Crippen molar-refractivity contribution in [2.24, 2.45) is 11.3 Å². The van der Waals surface area contributed by atoms with E-state index in [1.807, 2.05) is 0 Å². The molecule has 2 fully saturated rings. The maximum absolute atomic E-state index is 12.9. The first-order valence-corrected chi connectivity index (χ1v) is 8.96. The molecule has 2 saturated heterocycles. The van der Waals surface area contributed by atoms with Gasteiger partial charge in [-0.15, -0.1) is 0 Å². The summed E-state index contributed by atoms with van der Waals surface area (Å²) in [6.45, 7) is 3.96. The summed E-state index contributed by atoms with van der Waals surface area (Å²) in [5, 5.41) is 9.72. The van der Waals surface area contributed by atoms with E-state index in [-0.39, 0.29) is 42.2 Å². The highest BCUT2D eigenvalue weighted by molar-refractivity contribution is 5.78. The molecular weight excluding hydrogens is 339 g/mol. The third-order valence-corrected chi connectivity index (χ3v) is 5.77. The number of likely N-dealkylation sites (tertiary alicyclic amines) is 2. The molecule has 2 amide bonds. The lowest BCUT2D eigenvalue weighted by Gasteiger charge is -2.42. The second-order valence-electron chi connectivity index (χ2n) is 7.26. The summed E-state index contributed by atoms with van der Waals surface area (Å²) in [5.41, 5.74) is -0.102. The molecule has 0 bridgehead atoms. The highest BCUT2D eigenvalue weighted by Crippen LogP contribution is 2.44. The summed E-state index contributed by atoms with van der Waals surface area (Å²) < 4.78 is 18.3. The number of carbonyl (C=O) groups is 2. The Bertz CT molecular complexity index is 656. The fourth-order valence-corrected chi connectivity index (χ4v) is 4.06. The predicted molar refractivity (Wildman–Crippen MR) is 93.0 cm³/mol. The van der Waals surface area contributed by atoms with Crippen molar-refractivity contribution in [3.8, 4) is 5.75 Å². The van der Waals surface area contributed by atoms with Gasteiger partial charge < -0.3 is 19.6 Å². The Morgan fingerprint density at radius 2 is 1.88 bits per heavy atom. The smallest absolute Gasteiger partial charge is 0.260 e. The Balaban J connectivity index is 1.53. The number of hydrogen-bond acceptors (Lipinski definition) is 4. The molecule has 1 unspecified atom stereocenters. The Kier molecular flexibility index (Phi) is 5.46. The molecule has 1 spiro atoms. The van der Waals surface area contributed by atoms with Crippen LogP contribution in [0.4, 0.5) is 4.39 Å². The van der Waals surface area contributed by atoms with Gasteiger partial charge in [0.2, 0.25) is 5.91 Å². The number of ether oxygens (including phenoxy) is 1. The van der Waals surface area contributed by atoms with Crippen molar-refractivity contribution in [1.82, 2.24) is 9.80 Å². The van der Waals surface area contributed by atoms with Crippen LogP contribution in [0.3, 0.4) is 0 Å². The number of aliphatic hydroxyl groups excluding tert-OH is 1. The van der Waals surface area contributed by atoms with Gasteiger partial charge in [0.25, 0.3) is 5.91 Å². The average Bonchev–Trinajstić information content (AvgIpc) is 3.00. The summed E-state index contributed by atoms with van der Waals surface area (Å²) in [4.78, 5) is 27.6. The number of hydrogen-bond donors (Lipinski definition) is 1. The number of benzene rings is 1. The molecule has 26 heavy (non-hydrogen) atoms. The number of piperidine rings is 1. The van der Waals surface area contributed by atoms with Crippen LogP contribution in [0.1, 0.15) is 19.8 Å². The number of aliphatic hydroxyl groups is 1. The molecular formula is C19H25FN2O4. The zero-order chi connectivity index (χ0) is 18.7. The minimum atomic E-state index is -0.348. The molecule has 6 nitrogen and oxygen atoms in total. The molecule has 1 atom stereocenters. The fraction of sp³-hybridized carbons (Fsp3) is 0.579. The van der Waals surface area contributed by atoms with E-state index >= 15 is 0 Å². The molecule has 2 heterocycles. The zero-order valence-corrected chi connectivity index (χ0v) is 15.0. The number of carbonyl (C=O) groups excluding carboxylic acids is 2. The standard InChI is InChI=1S/C19H25FN2O4/c1-14(24)22-10-15(11-23)19(13-22)6-8-21(9-7-19)18(25)12-26-17-4-2-16(20)3-5-17/h2-5,15,23H,6-13H2,1H3. The molecule has 1 aromatic rings. The predicted octanol–water partition coefficient (Wildman–Crippen LogP) is 1.28. The summed E-state index contributed by atoms with van der Waals surface area (Å²) >= 11 is 0.